The number of aliphatic carboxylic acids is 1. The smallest absolute Gasteiger partial charge is 0.311 e. The number of carboxylic acids is 1. The Labute approximate surface area is 139 Å². The maximum atomic E-state index is 12.7. The van der Waals surface area contributed by atoms with Gasteiger partial charge in [0, 0.05) is 18.7 Å². The molecule has 1 aromatic heterocycles. The predicted molar refractivity (Wildman–Crippen MR) is 86.8 cm³/mol. The molecular weight excluding hydrogens is 308 g/mol. The van der Waals surface area contributed by atoms with Gasteiger partial charge in [-0.1, -0.05) is 19.1 Å². The number of carboxylic acid groups (broad SMARTS) is 1. The Hall–Kier alpha value is -2.70. The van der Waals surface area contributed by atoms with Crippen molar-refractivity contribution < 1.29 is 14.7 Å². The monoisotopic (exact) mass is 328 g/mol. The van der Waals surface area contributed by atoms with E-state index in [9.17, 15) is 14.7 Å². The van der Waals surface area contributed by atoms with E-state index < -0.39 is 11.4 Å². The zero-order valence-corrected chi connectivity index (χ0v) is 13.7. The van der Waals surface area contributed by atoms with Crippen molar-refractivity contribution in [1.29, 1.82) is 0 Å². The first-order valence-corrected chi connectivity index (χ1v) is 7.93. The van der Waals surface area contributed by atoms with Crippen LogP contribution < -0.4 is 0 Å². The van der Waals surface area contributed by atoms with Crippen LogP contribution in [-0.4, -0.2) is 50.0 Å². The van der Waals surface area contributed by atoms with Gasteiger partial charge in [0.2, 0.25) is 0 Å². The van der Waals surface area contributed by atoms with Crippen molar-refractivity contribution in [1.82, 2.24) is 19.9 Å². The highest BCUT2D eigenvalue weighted by Gasteiger charge is 2.48. The average molecular weight is 328 g/mol. The van der Waals surface area contributed by atoms with Gasteiger partial charge >= 0.3 is 5.97 Å². The SMILES string of the molecule is CC(C)C1(C(=O)O)CCN(C(=O)c2ccc(-n3ccnn3)cc2)C1. The molecule has 7 nitrogen and oxygen atoms in total. The third kappa shape index (κ3) is 2.66. The summed E-state index contributed by atoms with van der Waals surface area (Å²) >= 11 is 0. The van der Waals surface area contributed by atoms with Crippen molar-refractivity contribution >= 4 is 11.9 Å². The molecular formula is C17H20N4O3. The number of likely N-dealkylation sites (tertiary alicyclic amines) is 1. The third-order valence-electron chi connectivity index (χ3n) is 4.92. The zero-order valence-electron chi connectivity index (χ0n) is 13.7. The van der Waals surface area contributed by atoms with Crippen LogP contribution in [0.2, 0.25) is 0 Å². The molecule has 0 saturated carbocycles. The van der Waals surface area contributed by atoms with Gasteiger partial charge in [0.25, 0.3) is 5.91 Å². The minimum Gasteiger partial charge on any atom is -0.481 e. The highest BCUT2D eigenvalue weighted by molar-refractivity contribution is 5.95. The lowest BCUT2D eigenvalue weighted by Gasteiger charge is -2.28. The minimum absolute atomic E-state index is 0.0255. The summed E-state index contributed by atoms with van der Waals surface area (Å²) < 4.78 is 1.61. The molecule has 0 aliphatic carbocycles. The fraction of sp³-hybridized carbons (Fsp3) is 0.412. The molecule has 1 aromatic carbocycles. The number of amides is 1. The molecule has 1 saturated heterocycles. The summed E-state index contributed by atoms with van der Waals surface area (Å²) in [4.78, 5) is 26.0. The number of benzene rings is 1. The first-order chi connectivity index (χ1) is 11.4. The van der Waals surface area contributed by atoms with E-state index in [1.807, 2.05) is 13.8 Å². The highest BCUT2D eigenvalue weighted by atomic mass is 16.4. The van der Waals surface area contributed by atoms with Gasteiger partial charge in [0.05, 0.1) is 23.5 Å². The first kappa shape index (κ1) is 16.2. The summed E-state index contributed by atoms with van der Waals surface area (Å²) in [5.41, 5.74) is 0.507. The van der Waals surface area contributed by atoms with Gasteiger partial charge in [0.15, 0.2) is 0 Å². The van der Waals surface area contributed by atoms with Crippen molar-refractivity contribution in [3.63, 3.8) is 0 Å². The number of carbonyl (C=O) groups excluding carboxylic acids is 1. The second-order valence-electron chi connectivity index (χ2n) is 6.49. The molecule has 1 aliphatic rings. The van der Waals surface area contributed by atoms with Gasteiger partial charge < -0.3 is 10.0 Å². The van der Waals surface area contributed by atoms with Gasteiger partial charge in [-0.15, -0.1) is 5.10 Å². The summed E-state index contributed by atoms with van der Waals surface area (Å²) in [5, 5.41) is 17.2. The van der Waals surface area contributed by atoms with Gasteiger partial charge in [-0.05, 0) is 36.6 Å². The first-order valence-electron chi connectivity index (χ1n) is 7.93. The van der Waals surface area contributed by atoms with Crippen LogP contribution in [0.25, 0.3) is 5.69 Å². The van der Waals surface area contributed by atoms with Gasteiger partial charge in [-0.3, -0.25) is 9.59 Å². The second-order valence-corrected chi connectivity index (χ2v) is 6.49. The number of hydrogen-bond donors (Lipinski definition) is 1. The average Bonchev–Trinajstić information content (AvgIpc) is 3.24. The predicted octanol–water partition coefficient (Wildman–Crippen LogP) is 1.84. The van der Waals surface area contributed by atoms with Crippen LogP contribution in [0.4, 0.5) is 0 Å². The largest absolute Gasteiger partial charge is 0.481 e. The number of rotatable bonds is 4. The zero-order chi connectivity index (χ0) is 17.3. The highest BCUT2D eigenvalue weighted by Crippen LogP contribution is 2.38. The van der Waals surface area contributed by atoms with Gasteiger partial charge in [-0.25, -0.2) is 4.68 Å². The van der Waals surface area contributed by atoms with Crippen LogP contribution in [0.15, 0.2) is 36.7 Å². The third-order valence-corrected chi connectivity index (χ3v) is 4.92. The molecule has 1 N–H and O–H groups in total. The molecule has 0 bridgehead atoms. The van der Waals surface area contributed by atoms with E-state index in [4.69, 9.17) is 0 Å². The Morgan fingerprint density at radius 2 is 1.96 bits per heavy atom. The van der Waals surface area contributed by atoms with Crippen molar-refractivity contribution in [3.05, 3.63) is 42.2 Å². The minimum atomic E-state index is -0.851. The number of hydrogen-bond acceptors (Lipinski definition) is 4. The molecule has 1 fully saturated rings. The Kier molecular flexibility index (Phi) is 4.09. The molecule has 7 heteroatoms. The van der Waals surface area contributed by atoms with Crippen molar-refractivity contribution in [2.45, 2.75) is 20.3 Å². The van der Waals surface area contributed by atoms with Crippen LogP contribution in [0.3, 0.4) is 0 Å². The topological polar surface area (TPSA) is 88.3 Å². The van der Waals surface area contributed by atoms with Crippen LogP contribution >= 0.6 is 0 Å². The van der Waals surface area contributed by atoms with Gasteiger partial charge in [-0.2, -0.15) is 0 Å². The van der Waals surface area contributed by atoms with Crippen LogP contribution in [0.1, 0.15) is 30.6 Å². The van der Waals surface area contributed by atoms with Crippen molar-refractivity contribution in [2.75, 3.05) is 13.1 Å². The molecule has 3 rings (SSSR count). The van der Waals surface area contributed by atoms with Gasteiger partial charge in [0.1, 0.15) is 0 Å². The van der Waals surface area contributed by atoms with E-state index in [2.05, 4.69) is 10.3 Å². The Morgan fingerprint density at radius 3 is 2.46 bits per heavy atom. The Bertz CT molecular complexity index is 740. The van der Waals surface area contributed by atoms with E-state index >= 15 is 0 Å². The molecule has 0 spiro atoms. The van der Waals surface area contributed by atoms with Crippen molar-refractivity contribution in [2.24, 2.45) is 11.3 Å². The quantitative estimate of drug-likeness (QED) is 0.925. The van der Waals surface area contributed by atoms with E-state index in [0.29, 0.717) is 18.5 Å². The van der Waals surface area contributed by atoms with E-state index in [0.717, 1.165) is 5.69 Å². The summed E-state index contributed by atoms with van der Waals surface area (Å²) in [5.74, 6) is -0.985. The Morgan fingerprint density at radius 1 is 1.25 bits per heavy atom. The fourth-order valence-corrected chi connectivity index (χ4v) is 3.18. The van der Waals surface area contributed by atoms with Crippen molar-refractivity contribution in [3.8, 4) is 5.69 Å². The fourth-order valence-electron chi connectivity index (χ4n) is 3.18. The molecule has 126 valence electrons. The van der Waals surface area contributed by atoms with Crippen LogP contribution in [-0.2, 0) is 4.79 Å². The number of aromatic nitrogens is 3. The lowest BCUT2D eigenvalue weighted by Crippen LogP contribution is -2.40. The summed E-state index contributed by atoms with van der Waals surface area (Å²) in [7, 11) is 0. The van der Waals surface area contributed by atoms with E-state index in [-0.39, 0.29) is 18.4 Å². The normalized spacial score (nSPS) is 20.5. The van der Waals surface area contributed by atoms with E-state index in [1.54, 1.807) is 46.2 Å². The maximum Gasteiger partial charge on any atom is 0.311 e. The summed E-state index contributed by atoms with van der Waals surface area (Å²) in [6, 6.07) is 7.06. The van der Waals surface area contributed by atoms with E-state index in [1.165, 1.54) is 0 Å². The second kappa shape index (κ2) is 6.07. The van der Waals surface area contributed by atoms with Crippen LogP contribution in [0, 0.1) is 11.3 Å². The number of carbonyl (C=O) groups is 2. The molecule has 0 radical (unpaired) electrons. The molecule has 24 heavy (non-hydrogen) atoms. The van der Waals surface area contributed by atoms with Crippen LogP contribution in [0.5, 0.6) is 0 Å². The molecule has 1 amide bonds. The summed E-state index contributed by atoms with van der Waals surface area (Å²) in [6.45, 7) is 4.52. The standard InChI is InChI=1S/C17H20N4O3/c1-12(2)17(16(23)24)7-9-20(11-17)15(22)13-3-5-14(6-4-13)21-10-8-18-19-21/h3-6,8,10,12H,7,9,11H2,1-2H3,(H,23,24). The lowest BCUT2D eigenvalue weighted by atomic mass is 9.76. The molecule has 2 aromatic rings. The lowest BCUT2D eigenvalue weighted by molar-refractivity contribution is -0.150. The molecule has 1 aliphatic heterocycles. The molecule has 2 heterocycles. The summed E-state index contributed by atoms with van der Waals surface area (Å²) in [6.07, 6.45) is 3.80. The molecule has 1 atom stereocenters. The maximum absolute atomic E-state index is 12.7. The molecule has 1 unspecified atom stereocenters. The Balaban J connectivity index is 1.77. The number of nitrogens with zero attached hydrogens (tertiary/aromatic N) is 4.